The minimum atomic E-state index is -0.660. The maximum atomic E-state index is 12.9. The predicted octanol–water partition coefficient (Wildman–Crippen LogP) is 3.23. The number of carbonyl (C=O) groups is 3. The van der Waals surface area contributed by atoms with Crippen LogP contribution in [0.25, 0.3) is 0 Å². The fourth-order valence-corrected chi connectivity index (χ4v) is 3.76. The second kappa shape index (κ2) is 12.8. The van der Waals surface area contributed by atoms with E-state index in [1.54, 1.807) is 18.7 Å². The van der Waals surface area contributed by atoms with E-state index in [4.69, 9.17) is 4.74 Å². The minimum Gasteiger partial charge on any atom is -0.464 e. The summed E-state index contributed by atoms with van der Waals surface area (Å²) in [5.74, 6) is 0.103. The molecule has 5 nitrogen and oxygen atoms in total. The van der Waals surface area contributed by atoms with Crippen molar-refractivity contribution in [2.45, 2.75) is 39.7 Å². The van der Waals surface area contributed by atoms with Gasteiger partial charge in [0.05, 0.1) is 12.5 Å². The Kier molecular flexibility index (Phi) is 11.2. The maximum Gasteiger partial charge on any atom is 0.328 e. The topological polar surface area (TPSA) is 72.5 Å². The lowest BCUT2D eigenvalue weighted by molar-refractivity contribution is -0.147. The summed E-state index contributed by atoms with van der Waals surface area (Å²) in [4.78, 5) is 36.4. The van der Waals surface area contributed by atoms with Gasteiger partial charge in [-0.3, -0.25) is 9.59 Å². The average molecular weight is 412 g/mol. The number of rotatable bonds is 11. The van der Waals surface area contributed by atoms with E-state index in [2.05, 4.69) is 5.32 Å². The molecule has 0 aliphatic carbocycles. The van der Waals surface area contributed by atoms with Crippen LogP contribution in [-0.4, -0.2) is 47.4 Å². The van der Waals surface area contributed by atoms with Crippen molar-refractivity contribution in [3.63, 3.8) is 0 Å². The molecule has 0 spiro atoms. The van der Waals surface area contributed by atoms with Crippen LogP contribution in [-0.2, 0) is 25.5 Å². The molecule has 7 heteroatoms. The number of hydrogen-bond acceptors (Lipinski definition) is 6. The van der Waals surface area contributed by atoms with E-state index in [-0.39, 0.29) is 17.6 Å². The van der Waals surface area contributed by atoms with E-state index in [0.29, 0.717) is 18.6 Å². The number of aryl methyl sites for hydroxylation is 1. The molecule has 1 rings (SSSR count). The van der Waals surface area contributed by atoms with E-state index >= 15 is 0 Å². The van der Waals surface area contributed by atoms with Crippen molar-refractivity contribution in [2.75, 3.05) is 24.4 Å². The van der Waals surface area contributed by atoms with Crippen molar-refractivity contribution in [1.29, 1.82) is 0 Å². The molecule has 1 N–H and O–H groups in total. The number of nitrogens with one attached hydrogen (secondary N) is 1. The minimum absolute atomic E-state index is 0.0265. The van der Waals surface area contributed by atoms with Crippen LogP contribution in [0.3, 0.4) is 0 Å². The van der Waals surface area contributed by atoms with Crippen LogP contribution in [0.4, 0.5) is 0 Å². The fourth-order valence-electron chi connectivity index (χ4n) is 2.59. The van der Waals surface area contributed by atoms with E-state index in [9.17, 15) is 14.4 Å². The smallest absolute Gasteiger partial charge is 0.328 e. The lowest BCUT2D eigenvalue weighted by Crippen LogP contribution is -2.45. The third-order valence-corrected chi connectivity index (χ3v) is 5.54. The molecular formula is C20H29NO4S2. The molecule has 0 saturated carbocycles. The van der Waals surface area contributed by atoms with Crippen molar-refractivity contribution in [1.82, 2.24) is 5.32 Å². The number of benzene rings is 1. The van der Waals surface area contributed by atoms with Gasteiger partial charge in [-0.15, -0.1) is 0 Å². The molecule has 0 bridgehead atoms. The molecule has 0 saturated heterocycles. The number of hydrogen-bond donors (Lipinski definition) is 1. The van der Waals surface area contributed by atoms with Gasteiger partial charge in [0.2, 0.25) is 5.91 Å². The number of ether oxygens (including phenoxy) is 1. The van der Waals surface area contributed by atoms with Crippen molar-refractivity contribution >= 4 is 40.5 Å². The zero-order valence-electron chi connectivity index (χ0n) is 16.4. The molecule has 1 aromatic rings. The van der Waals surface area contributed by atoms with E-state index in [0.717, 1.165) is 28.6 Å². The summed E-state index contributed by atoms with van der Waals surface area (Å²) in [5.41, 5.74) is 2.16. The molecule has 27 heavy (non-hydrogen) atoms. The standard InChI is InChI=1S/C20H29NO4S2/c1-5-25-20(24)18(9-10-26-4)21-19(23)17(13-27-15(3)22)12-16-8-6-7-14(2)11-16/h6-8,11,17-18H,5,9-10,12-13H2,1-4H3,(H,21,23)/t17?,18-/m0/s1. The van der Waals surface area contributed by atoms with Gasteiger partial charge < -0.3 is 10.1 Å². The Balaban J connectivity index is 2.88. The number of carbonyl (C=O) groups excluding carboxylic acids is 3. The Bertz CT molecular complexity index is 636. The van der Waals surface area contributed by atoms with Crippen LogP contribution < -0.4 is 5.32 Å². The van der Waals surface area contributed by atoms with Crippen LogP contribution in [0.1, 0.15) is 31.4 Å². The Hall–Kier alpha value is -1.47. The Labute approximate surface area is 170 Å². The summed E-state index contributed by atoms with van der Waals surface area (Å²) in [7, 11) is 0. The molecule has 1 aromatic carbocycles. The lowest BCUT2D eigenvalue weighted by Gasteiger charge is -2.21. The summed E-state index contributed by atoms with van der Waals surface area (Å²) in [5, 5.41) is 2.82. The van der Waals surface area contributed by atoms with E-state index in [1.807, 2.05) is 37.4 Å². The largest absolute Gasteiger partial charge is 0.464 e. The summed E-state index contributed by atoms with van der Waals surface area (Å²) in [6, 6.07) is 7.31. The van der Waals surface area contributed by atoms with E-state index in [1.165, 1.54) is 6.92 Å². The highest BCUT2D eigenvalue weighted by atomic mass is 32.2. The zero-order chi connectivity index (χ0) is 20.2. The van der Waals surface area contributed by atoms with Crippen LogP contribution in [0.2, 0.25) is 0 Å². The van der Waals surface area contributed by atoms with Gasteiger partial charge in [-0.2, -0.15) is 11.8 Å². The molecule has 0 radical (unpaired) electrons. The van der Waals surface area contributed by atoms with Gasteiger partial charge in [0.25, 0.3) is 0 Å². The predicted molar refractivity (Wildman–Crippen MR) is 113 cm³/mol. The lowest BCUT2D eigenvalue weighted by atomic mass is 9.98. The first-order valence-electron chi connectivity index (χ1n) is 9.02. The molecule has 0 aliphatic rings. The molecule has 0 aromatic heterocycles. The van der Waals surface area contributed by atoms with Gasteiger partial charge in [0.1, 0.15) is 6.04 Å². The quantitative estimate of drug-likeness (QED) is 0.564. The van der Waals surface area contributed by atoms with Gasteiger partial charge in [0, 0.05) is 12.7 Å². The normalized spacial score (nSPS) is 12.9. The first-order chi connectivity index (χ1) is 12.9. The van der Waals surface area contributed by atoms with Crippen molar-refractivity contribution < 1.29 is 19.1 Å². The molecule has 1 unspecified atom stereocenters. The van der Waals surface area contributed by atoms with Crippen molar-refractivity contribution in [3.8, 4) is 0 Å². The third kappa shape index (κ3) is 9.33. The van der Waals surface area contributed by atoms with Gasteiger partial charge in [-0.25, -0.2) is 4.79 Å². The highest BCUT2D eigenvalue weighted by Crippen LogP contribution is 2.17. The van der Waals surface area contributed by atoms with Crippen LogP contribution in [0, 0.1) is 12.8 Å². The zero-order valence-corrected chi connectivity index (χ0v) is 18.1. The summed E-state index contributed by atoms with van der Waals surface area (Å²) < 4.78 is 5.09. The first kappa shape index (κ1) is 23.6. The third-order valence-electron chi connectivity index (χ3n) is 3.92. The summed E-state index contributed by atoms with van der Waals surface area (Å²) in [6.07, 6.45) is 2.99. The van der Waals surface area contributed by atoms with Crippen molar-refractivity contribution in [2.24, 2.45) is 5.92 Å². The maximum absolute atomic E-state index is 12.9. The summed E-state index contributed by atoms with van der Waals surface area (Å²) >= 11 is 2.75. The fraction of sp³-hybridized carbons (Fsp3) is 0.550. The molecular weight excluding hydrogens is 382 g/mol. The van der Waals surface area contributed by atoms with Crippen LogP contribution in [0.5, 0.6) is 0 Å². The second-order valence-electron chi connectivity index (χ2n) is 6.29. The Morgan fingerprint density at radius 1 is 1.26 bits per heavy atom. The van der Waals surface area contributed by atoms with Crippen LogP contribution >= 0.6 is 23.5 Å². The number of thioether (sulfide) groups is 2. The highest BCUT2D eigenvalue weighted by molar-refractivity contribution is 8.13. The van der Waals surface area contributed by atoms with Crippen molar-refractivity contribution in [3.05, 3.63) is 35.4 Å². The number of esters is 1. The molecule has 0 fully saturated rings. The molecule has 2 atom stereocenters. The van der Waals surface area contributed by atoms with Gasteiger partial charge >= 0.3 is 5.97 Å². The Morgan fingerprint density at radius 3 is 2.59 bits per heavy atom. The second-order valence-corrected chi connectivity index (χ2v) is 8.47. The van der Waals surface area contributed by atoms with Gasteiger partial charge in [-0.05, 0) is 44.3 Å². The average Bonchev–Trinajstić information content (AvgIpc) is 2.61. The van der Waals surface area contributed by atoms with E-state index < -0.39 is 17.9 Å². The number of amides is 1. The highest BCUT2D eigenvalue weighted by Gasteiger charge is 2.27. The monoisotopic (exact) mass is 411 g/mol. The molecule has 0 aliphatic heterocycles. The van der Waals surface area contributed by atoms with Gasteiger partial charge in [-0.1, -0.05) is 41.6 Å². The molecule has 1 amide bonds. The SMILES string of the molecule is CCOC(=O)[C@H](CCSC)NC(=O)C(CSC(C)=O)Cc1cccc(C)c1. The van der Waals surface area contributed by atoms with Crippen LogP contribution in [0.15, 0.2) is 24.3 Å². The molecule has 150 valence electrons. The molecule has 0 heterocycles. The first-order valence-corrected chi connectivity index (χ1v) is 11.4. The Morgan fingerprint density at radius 2 is 2.00 bits per heavy atom. The van der Waals surface area contributed by atoms with Gasteiger partial charge in [0.15, 0.2) is 5.12 Å². The summed E-state index contributed by atoms with van der Waals surface area (Å²) in [6.45, 7) is 5.51.